The lowest BCUT2D eigenvalue weighted by Crippen LogP contribution is -2.67. The molecular formula is C32H32N6O2. The lowest BCUT2D eigenvalue weighted by Gasteiger charge is -2.54. The lowest BCUT2D eigenvalue weighted by atomic mass is 9.78. The van der Waals surface area contributed by atoms with Gasteiger partial charge < -0.3 is 24.4 Å². The number of nitriles is 1. The van der Waals surface area contributed by atoms with Crippen LogP contribution in [-0.2, 0) is 4.74 Å². The largest absolute Gasteiger partial charge is 0.380 e. The quantitative estimate of drug-likeness (QED) is 0.420. The van der Waals surface area contributed by atoms with Crippen LogP contribution in [0, 0.1) is 16.7 Å². The first-order chi connectivity index (χ1) is 19.5. The van der Waals surface area contributed by atoms with Gasteiger partial charge in [-0.3, -0.25) is 4.79 Å². The van der Waals surface area contributed by atoms with Crippen LogP contribution in [0.1, 0.15) is 22.3 Å². The van der Waals surface area contributed by atoms with Crippen molar-refractivity contribution in [1.29, 1.82) is 5.26 Å². The monoisotopic (exact) mass is 532 g/mol. The van der Waals surface area contributed by atoms with Crippen molar-refractivity contribution in [3.05, 3.63) is 72.1 Å². The van der Waals surface area contributed by atoms with Crippen molar-refractivity contribution in [1.82, 2.24) is 19.8 Å². The number of aromatic amines is 1. The summed E-state index contributed by atoms with van der Waals surface area (Å²) in [5.41, 5.74) is 7.40. The number of ether oxygens (including phenoxy) is 1. The third-order valence-electron chi connectivity index (χ3n) is 8.64. The van der Waals surface area contributed by atoms with Gasteiger partial charge in [-0.2, -0.15) is 5.26 Å². The number of benzene rings is 2. The number of carbonyl (C=O) groups excluding carboxylic acids is 1. The number of hydrogen-bond acceptors (Lipinski definition) is 6. The molecule has 7 rings (SSSR count). The van der Waals surface area contributed by atoms with Crippen molar-refractivity contribution in [2.24, 2.45) is 5.41 Å². The molecule has 8 nitrogen and oxygen atoms in total. The molecule has 0 aliphatic carbocycles. The molecule has 8 heteroatoms. The van der Waals surface area contributed by atoms with Crippen LogP contribution >= 0.6 is 0 Å². The highest BCUT2D eigenvalue weighted by molar-refractivity contribution is 5.98. The van der Waals surface area contributed by atoms with E-state index in [-0.39, 0.29) is 11.3 Å². The Morgan fingerprint density at radius 3 is 2.55 bits per heavy atom. The number of nitrogens with one attached hydrogen (secondary N) is 1. The molecule has 0 bridgehead atoms. The molecule has 4 aromatic rings. The van der Waals surface area contributed by atoms with Gasteiger partial charge in [-0.05, 0) is 61.5 Å². The summed E-state index contributed by atoms with van der Waals surface area (Å²) in [5, 5.41) is 11.0. The molecule has 3 fully saturated rings. The van der Waals surface area contributed by atoms with Gasteiger partial charge >= 0.3 is 0 Å². The van der Waals surface area contributed by atoms with E-state index in [1.165, 1.54) is 0 Å². The van der Waals surface area contributed by atoms with E-state index in [0.717, 1.165) is 97.9 Å². The van der Waals surface area contributed by atoms with Crippen LogP contribution in [0.25, 0.3) is 33.3 Å². The number of rotatable bonds is 4. The number of amides is 1. The van der Waals surface area contributed by atoms with Crippen LogP contribution in [0.2, 0.25) is 0 Å². The summed E-state index contributed by atoms with van der Waals surface area (Å²) in [6, 6.07) is 18.5. The molecule has 202 valence electrons. The summed E-state index contributed by atoms with van der Waals surface area (Å²) in [7, 11) is 2.15. The SMILES string of the molecule is CN1CCCN(c2ccc(-c3cnc4[nH]cc(-c5ccc(C(=O)N6CC7(COC7)C6)cc5)c4c3)cc2C#N)CC1. The third kappa shape index (κ3) is 4.32. The zero-order valence-electron chi connectivity index (χ0n) is 22.7. The van der Waals surface area contributed by atoms with E-state index in [0.29, 0.717) is 11.1 Å². The number of hydrogen-bond donors (Lipinski definition) is 1. The van der Waals surface area contributed by atoms with Gasteiger partial charge in [0.25, 0.3) is 5.91 Å². The molecule has 2 aromatic carbocycles. The second kappa shape index (κ2) is 9.77. The summed E-state index contributed by atoms with van der Waals surface area (Å²) in [6.45, 7) is 7.06. The number of fused-ring (bicyclic) bond motifs is 1. The lowest BCUT2D eigenvalue weighted by molar-refractivity contribution is -0.176. The van der Waals surface area contributed by atoms with Crippen LogP contribution in [-0.4, -0.2) is 85.2 Å². The minimum absolute atomic E-state index is 0.0795. The number of H-pyrrole nitrogens is 1. The highest BCUT2D eigenvalue weighted by atomic mass is 16.5. The van der Waals surface area contributed by atoms with Crippen LogP contribution in [0.3, 0.4) is 0 Å². The van der Waals surface area contributed by atoms with Crippen molar-refractivity contribution < 1.29 is 9.53 Å². The van der Waals surface area contributed by atoms with E-state index in [9.17, 15) is 10.1 Å². The molecule has 3 aliphatic heterocycles. The smallest absolute Gasteiger partial charge is 0.253 e. The number of carbonyl (C=O) groups is 1. The Morgan fingerprint density at radius 2 is 1.80 bits per heavy atom. The minimum atomic E-state index is 0.0795. The van der Waals surface area contributed by atoms with Crippen LogP contribution in [0.4, 0.5) is 5.69 Å². The molecule has 0 unspecified atom stereocenters. The molecule has 2 aromatic heterocycles. The summed E-state index contributed by atoms with van der Waals surface area (Å²) < 4.78 is 5.33. The van der Waals surface area contributed by atoms with Gasteiger partial charge in [0.1, 0.15) is 11.7 Å². The molecule has 0 atom stereocenters. The maximum absolute atomic E-state index is 12.9. The Balaban J connectivity index is 1.14. The number of pyridine rings is 1. The predicted octanol–water partition coefficient (Wildman–Crippen LogP) is 4.38. The third-order valence-corrected chi connectivity index (χ3v) is 8.64. The zero-order chi connectivity index (χ0) is 27.3. The summed E-state index contributed by atoms with van der Waals surface area (Å²) >= 11 is 0. The van der Waals surface area contributed by atoms with Gasteiger partial charge in [0.2, 0.25) is 0 Å². The summed E-state index contributed by atoms with van der Waals surface area (Å²) in [5.74, 6) is 0.0795. The second-order valence-electron chi connectivity index (χ2n) is 11.5. The number of anilines is 1. The fourth-order valence-electron chi connectivity index (χ4n) is 6.22. The Bertz CT molecular complexity index is 1620. The van der Waals surface area contributed by atoms with Crippen LogP contribution in [0.5, 0.6) is 0 Å². The van der Waals surface area contributed by atoms with Crippen molar-refractivity contribution in [2.45, 2.75) is 6.42 Å². The average molecular weight is 533 g/mol. The molecule has 1 N–H and O–H groups in total. The van der Waals surface area contributed by atoms with E-state index >= 15 is 0 Å². The molecule has 40 heavy (non-hydrogen) atoms. The van der Waals surface area contributed by atoms with Crippen molar-refractivity contribution in [2.75, 3.05) is 64.4 Å². The first-order valence-corrected chi connectivity index (χ1v) is 13.9. The number of nitrogens with zero attached hydrogens (tertiary/aromatic N) is 5. The van der Waals surface area contributed by atoms with Gasteiger partial charge in [-0.1, -0.05) is 18.2 Å². The standard InChI is InChI=1S/C32H32N6O2/c1-36-9-2-10-37(12-11-36)29-8-7-24(13-25(29)15-33)26-14-27-28(17-35-30(27)34-16-26)22-3-5-23(6-4-22)31(39)38-18-32(19-38)20-40-21-32/h3-8,13-14,16-17H,2,9-12,18-21H2,1H3,(H,34,35). The molecule has 3 aliphatic rings. The van der Waals surface area contributed by atoms with Gasteiger partial charge in [-0.15, -0.1) is 0 Å². The second-order valence-corrected chi connectivity index (χ2v) is 11.5. The van der Waals surface area contributed by atoms with Crippen LogP contribution in [0.15, 0.2) is 60.9 Å². The summed E-state index contributed by atoms with van der Waals surface area (Å²) in [6.07, 6.45) is 4.91. The van der Waals surface area contributed by atoms with Gasteiger partial charge in [-0.25, -0.2) is 4.98 Å². The van der Waals surface area contributed by atoms with E-state index in [2.05, 4.69) is 51.1 Å². The van der Waals surface area contributed by atoms with Gasteiger partial charge in [0.05, 0.1) is 29.9 Å². The van der Waals surface area contributed by atoms with E-state index < -0.39 is 0 Å². The summed E-state index contributed by atoms with van der Waals surface area (Å²) in [4.78, 5) is 27.5. The topological polar surface area (TPSA) is 88.5 Å². The Kier molecular flexibility index (Phi) is 6.06. The van der Waals surface area contributed by atoms with E-state index in [1.807, 2.05) is 47.6 Å². The average Bonchev–Trinajstić information content (AvgIpc) is 3.24. The maximum atomic E-state index is 12.9. The first kappa shape index (κ1) is 24.8. The molecule has 3 saturated heterocycles. The van der Waals surface area contributed by atoms with Crippen LogP contribution < -0.4 is 4.90 Å². The molecule has 1 amide bonds. The molecule has 5 heterocycles. The molecule has 0 radical (unpaired) electrons. The normalized spacial score (nSPS) is 18.7. The van der Waals surface area contributed by atoms with Crippen molar-refractivity contribution in [3.8, 4) is 28.3 Å². The Hall–Kier alpha value is -4.19. The maximum Gasteiger partial charge on any atom is 0.253 e. The highest BCUT2D eigenvalue weighted by Gasteiger charge is 2.50. The Morgan fingerprint density at radius 1 is 1.00 bits per heavy atom. The fraction of sp³-hybridized carbons (Fsp3) is 0.344. The fourth-order valence-corrected chi connectivity index (χ4v) is 6.22. The molecule has 1 spiro atoms. The zero-order valence-corrected chi connectivity index (χ0v) is 22.7. The van der Waals surface area contributed by atoms with Gasteiger partial charge in [0.15, 0.2) is 0 Å². The highest BCUT2D eigenvalue weighted by Crippen LogP contribution is 2.38. The molecular weight excluding hydrogens is 500 g/mol. The van der Waals surface area contributed by atoms with E-state index in [4.69, 9.17) is 4.74 Å². The van der Waals surface area contributed by atoms with Crippen molar-refractivity contribution in [3.63, 3.8) is 0 Å². The minimum Gasteiger partial charge on any atom is -0.380 e. The number of likely N-dealkylation sites (tertiary alicyclic amines) is 1. The van der Waals surface area contributed by atoms with Crippen molar-refractivity contribution >= 4 is 22.6 Å². The number of likely N-dealkylation sites (N-methyl/N-ethyl adjacent to an activating group) is 1. The van der Waals surface area contributed by atoms with Gasteiger partial charge in [0, 0.05) is 67.2 Å². The number of aromatic nitrogens is 2. The Labute approximate surface area is 233 Å². The van der Waals surface area contributed by atoms with E-state index in [1.54, 1.807) is 0 Å². The molecule has 0 saturated carbocycles. The predicted molar refractivity (Wildman–Crippen MR) is 155 cm³/mol. The first-order valence-electron chi connectivity index (χ1n) is 13.9.